The molecule has 0 saturated carbocycles. The zero-order valence-electron chi connectivity index (χ0n) is 12.1. The standard InChI is InChI=1S/C14H13N3O4S2/c1-21-14(18)13-12(5-7-22-13)23(19,20)16-9-10-8-15-17-6-3-2-4-11(10)17/h2-8,16H,9H2,1H3. The number of pyridine rings is 1. The third-order valence-electron chi connectivity index (χ3n) is 3.25. The van der Waals surface area contributed by atoms with E-state index >= 15 is 0 Å². The number of aromatic nitrogens is 2. The lowest BCUT2D eigenvalue weighted by atomic mass is 10.3. The van der Waals surface area contributed by atoms with Gasteiger partial charge in [0.15, 0.2) is 0 Å². The average Bonchev–Trinajstić information content (AvgIpc) is 3.19. The number of methoxy groups -OCH3 is 1. The Labute approximate surface area is 136 Å². The molecule has 0 atom stereocenters. The van der Waals surface area contributed by atoms with Gasteiger partial charge in [-0.25, -0.2) is 22.4 Å². The summed E-state index contributed by atoms with van der Waals surface area (Å²) in [6, 6.07) is 6.92. The number of thiophene rings is 1. The van der Waals surface area contributed by atoms with Gasteiger partial charge in [0.05, 0.1) is 18.8 Å². The molecule has 1 N–H and O–H groups in total. The first-order chi connectivity index (χ1) is 11.0. The number of nitrogens with zero attached hydrogens (tertiary/aromatic N) is 2. The first-order valence-electron chi connectivity index (χ1n) is 6.59. The van der Waals surface area contributed by atoms with Crippen molar-refractivity contribution < 1.29 is 17.9 Å². The molecule has 0 radical (unpaired) electrons. The minimum Gasteiger partial charge on any atom is -0.465 e. The fourth-order valence-electron chi connectivity index (χ4n) is 2.12. The molecule has 0 aliphatic rings. The van der Waals surface area contributed by atoms with Crippen LogP contribution in [0.5, 0.6) is 0 Å². The van der Waals surface area contributed by atoms with E-state index in [1.54, 1.807) is 16.9 Å². The molecule has 0 aromatic carbocycles. The van der Waals surface area contributed by atoms with E-state index in [-0.39, 0.29) is 16.3 Å². The van der Waals surface area contributed by atoms with E-state index < -0.39 is 16.0 Å². The van der Waals surface area contributed by atoms with Crippen molar-refractivity contribution in [3.63, 3.8) is 0 Å². The van der Waals surface area contributed by atoms with Crippen LogP contribution in [-0.4, -0.2) is 31.1 Å². The van der Waals surface area contributed by atoms with Crippen molar-refractivity contribution in [1.29, 1.82) is 0 Å². The molecule has 0 fully saturated rings. The van der Waals surface area contributed by atoms with E-state index in [1.165, 1.54) is 18.6 Å². The second-order valence-corrected chi connectivity index (χ2v) is 7.28. The van der Waals surface area contributed by atoms with E-state index in [0.717, 1.165) is 22.4 Å². The molecule has 0 unspecified atom stereocenters. The number of fused-ring (bicyclic) bond motifs is 1. The quantitative estimate of drug-likeness (QED) is 0.706. The highest BCUT2D eigenvalue weighted by Gasteiger charge is 2.24. The summed E-state index contributed by atoms with van der Waals surface area (Å²) >= 11 is 1.02. The number of ether oxygens (including phenoxy) is 1. The van der Waals surface area contributed by atoms with Crippen LogP contribution in [0.25, 0.3) is 5.52 Å². The molecule has 3 heterocycles. The van der Waals surface area contributed by atoms with Crippen LogP contribution >= 0.6 is 11.3 Å². The van der Waals surface area contributed by atoms with Crippen LogP contribution in [0.2, 0.25) is 0 Å². The van der Waals surface area contributed by atoms with Crippen LogP contribution in [-0.2, 0) is 21.3 Å². The minimum atomic E-state index is -3.82. The summed E-state index contributed by atoms with van der Waals surface area (Å²) in [5, 5.41) is 5.69. The molecule has 3 rings (SSSR count). The summed E-state index contributed by atoms with van der Waals surface area (Å²) in [6.07, 6.45) is 3.38. The number of carbonyl (C=O) groups is 1. The monoisotopic (exact) mass is 351 g/mol. The number of hydrogen-bond acceptors (Lipinski definition) is 6. The van der Waals surface area contributed by atoms with Gasteiger partial charge < -0.3 is 4.74 Å². The van der Waals surface area contributed by atoms with Crippen molar-refractivity contribution in [3.8, 4) is 0 Å². The zero-order chi connectivity index (χ0) is 16.4. The van der Waals surface area contributed by atoms with Gasteiger partial charge in [0, 0.05) is 18.3 Å². The molecule has 0 aliphatic heterocycles. The number of nitrogens with one attached hydrogen (secondary N) is 1. The molecular formula is C14H13N3O4S2. The van der Waals surface area contributed by atoms with Gasteiger partial charge in [-0.2, -0.15) is 5.10 Å². The van der Waals surface area contributed by atoms with Crippen LogP contribution in [0.4, 0.5) is 0 Å². The Balaban J connectivity index is 1.85. The fraction of sp³-hybridized carbons (Fsp3) is 0.143. The molecule has 23 heavy (non-hydrogen) atoms. The molecule has 0 bridgehead atoms. The van der Waals surface area contributed by atoms with Gasteiger partial charge in [0.25, 0.3) is 0 Å². The number of rotatable bonds is 5. The maximum absolute atomic E-state index is 12.4. The molecular weight excluding hydrogens is 338 g/mol. The predicted molar refractivity (Wildman–Crippen MR) is 84.9 cm³/mol. The van der Waals surface area contributed by atoms with Crippen molar-refractivity contribution in [2.45, 2.75) is 11.4 Å². The van der Waals surface area contributed by atoms with Crippen molar-refractivity contribution in [3.05, 3.63) is 52.5 Å². The lowest BCUT2D eigenvalue weighted by molar-refractivity contribution is 0.0602. The third kappa shape index (κ3) is 2.98. The molecule has 0 amide bonds. The topological polar surface area (TPSA) is 89.8 Å². The van der Waals surface area contributed by atoms with Gasteiger partial charge >= 0.3 is 5.97 Å². The van der Waals surface area contributed by atoms with Gasteiger partial charge in [-0.1, -0.05) is 6.07 Å². The van der Waals surface area contributed by atoms with Crippen LogP contribution in [0, 0.1) is 0 Å². The van der Waals surface area contributed by atoms with Crippen LogP contribution in [0.1, 0.15) is 15.2 Å². The van der Waals surface area contributed by atoms with Gasteiger partial charge in [-0.3, -0.25) is 0 Å². The lowest BCUT2D eigenvalue weighted by Crippen LogP contribution is -2.24. The third-order valence-corrected chi connectivity index (χ3v) is 5.72. The largest absolute Gasteiger partial charge is 0.465 e. The second kappa shape index (κ2) is 6.11. The van der Waals surface area contributed by atoms with Crippen LogP contribution in [0.15, 0.2) is 46.9 Å². The summed E-state index contributed by atoms with van der Waals surface area (Å²) in [5.74, 6) is -0.670. The molecule has 7 nitrogen and oxygen atoms in total. The Hall–Kier alpha value is -2.23. The highest BCUT2D eigenvalue weighted by molar-refractivity contribution is 7.89. The van der Waals surface area contributed by atoms with E-state index in [4.69, 9.17) is 0 Å². The Morgan fingerprint density at radius 3 is 3.00 bits per heavy atom. The summed E-state index contributed by atoms with van der Waals surface area (Å²) in [6.45, 7) is 0.0757. The van der Waals surface area contributed by atoms with Gasteiger partial charge in [0.1, 0.15) is 9.77 Å². The molecule has 9 heteroatoms. The zero-order valence-corrected chi connectivity index (χ0v) is 13.7. The molecule has 3 aromatic heterocycles. The Bertz CT molecular complexity index is 959. The van der Waals surface area contributed by atoms with Crippen molar-refractivity contribution in [1.82, 2.24) is 14.3 Å². The van der Waals surface area contributed by atoms with Crippen molar-refractivity contribution in [2.24, 2.45) is 0 Å². The minimum absolute atomic E-state index is 0.0554. The summed E-state index contributed by atoms with van der Waals surface area (Å²) in [5.41, 5.74) is 1.55. The maximum Gasteiger partial charge on any atom is 0.349 e. The molecule has 0 aliphatic carbocycles. The van der Waals surface area contributed by atoms with E-state index in [2.05, 4.69) is 14.6 Å². The molecule has 120 valence electrons. The number of esters is 1. The molecule has 0 saturated heterocycles. The van der Waals surface area contributed by atoms with Crippen LogP contribution in [0.3, 0.4) is 0 Å². The SMILES string of the molecule is COC(=O)c1sccc1S(=O)(=O)NCc1cnn2ccccc12. The van der Waals surface area contributed by atoms with E-state index in [1.807, 2.05) is 18.2 Å². The summed E-state index contributed by atoms with van der Waals surface area (Å²) < 4.78 is 33.6. The lowest BCUT2D eigenvalue weighted by Gasteiger charge is -2.06. The maximum atomic E-state index is 12.4. The van der Waals surface area contributed by atoms with E-state index in [9.17, 15) is 13.2 Å². The van der Waals surface area contributed by atoms with Gasteiger partial charge in [-0.15, -0.1) is 11.3 Å². The van der Waals surface area contributed by atoms with Crippen molar-refractivity contribution in [2.75, 3.05) is 7.11 Å². The first kappa shape index (κ1) is 15.7. The summed E-state index contributed by atoms with van der Waals surface area (Å²) in [4.78, 5) is 11.6. The average molecular weight is 351 g/mol. The van der Waals surface area contributed by atoms with Crippen LogP contribution < -0.4 is 4.72 Å². The predicted octanol–water partition coefficient (Wildman–Crippen LogP) is 1.66. The highest BCUT2D eigenvalue weighted by Crippen LogP contribution is 2.23. The van der Waals surface area contributed by atoms with E-state index in [0.29, 0.717) is 0 Å². The first-order valence-corrected chi connectivity index (χ1v) is 8.96. The number of carbonyl (C=O) groups excluding carboxylic acids is 1. The number of hydrogen-bond donors (Lipinski definition) is 1. The Morgan fingerprint density at radius 2 is 2.22 bits per heavy atom. The van der Waals surface area contributed by atoms with Gasteiger partial charge in [-0.05, 0) is 23.6 Å². The summed E-state index contributed by atoms with van der Waals surface area (Å²) in [7, 11) is -2.61. The van der Waals surface area contributed by atoms with Crippen molar-refractivity contribution >= 4 is 32.8 Å². The molecule has 0 spiro atoms. The molecule has 3 aromatic rings. The normalized spacial score (nSPS) is 11.7. The Morgan fingerprint density at radius 1 is 1.39 bits per heavy atom. The number of sulfonamides is 1. The smallest absolute Gasteiger partial charge is 0.349 e. The van der Waals surface area contributed by atoms with Gasteiger partial charge in [0.2, 0.25) is 10.0 Å². The highest BCUT2D eigenvalue weighted by atomic mass is 32.2. The second-order valence-electron chi connectivity index (χ2n) is 4.63. The fourth-order valence-corrected chi connectivity index (χ4v) is 4.46. The Kier molecular flexibility index (Phi) is 4.16.